The highest BCUT2D eigenvalue weighted by Gasteiger charge is 2.07. The van der Waals surface area contributed by atoms with Gasteiger partial charge in [-0.2, -0.15) is 5.10 Å². The molecule has 2 N–H and O–H groups in total. The average Bonchev–Trinajstić information content (AvgIpc) is 3.04. The second-order valence-corrected chi connectivity index (χ2v) is 5.62. The molecule has 0 fully saturated rings. The van der Waals surface area contributed by atoms with E-state index in [0.29, 0.717) is 6.54 Å². The molecule has 0 spiro atoms. The first-order chi connectivity index (χ1) is 9.72. The van der Waals surface area contributed by atoms with Gasteiger partial charge in [0.15, 0.2) is 5.65 Å². The normalized spacial score (nSPS) is 11.3. The number of aromatic nitrogens is 5. The van der Waals surface area contributed by atoms with Crippen LogP contribution >= 0.6 is 11.3 Å². The molecule has 20 heavy (non-hydrogen) atoms. The van der Waals surface area contributed by atoms with Gasteiger partial charge in [0, 0.05) is 11.9 Å². The maximum Gasteiger partial charge on any atom is 0.160 e. The van der Waals surface area contributed by atoms with Gasteiger partial charge in [-0.05, 0) is 14.1 Å². The van der Waals surface area contributed by atoms with Crippen molar-refractivity contribution in [2.75, 3.05) is 19.4 Å². The molecule has 0 aromatic carbocycles. The van der Waals surface area contributed by atoms with Crippen molar-refractivity contribution < 1.29 is 0 Å². The van der Waals surface area contributed by atoms with E-state index in [0.717, 1.165) is 34.1 Å². The molecule has 0 radical (unpaired) electrons. The molecule has 0 atom stereocenters. The van der Waals surface area contributed by atoms with Crippen LogP contribution in [0.4, 0.5) is 5.82 Å². The third-order valence-corrected chi connectivity index (χ3v) is 3.63. The van der Waals surface area contributed by atoms with Gasteiger partial charge in [0.05, 0.1) is 23.8 Å². The quantitative estimate of drug-likeness (QED) is 0.740. The summed E-state index contributed by atoms with van der Waals surface area (Å²) in [6.07, 6.45) is 3.24. The van der Waals surface area contributed by atoms with Crippen molar-refractivity contribution in [3.63, 3.8) is 0 Å². The lowest BCUT2D eigenvalue weighted by atomic mass is 10.4. The van der Waals surface area contributed by atoms with Gasteiger partial charge in [-0.1, -0.05) is 0 Å². The van der Waals surface area contributed by atoms with E-state index in [1.165, 1.54) is 6.33 Å². The second kappa shape index (κ2) is 5.51. The fraction of sp³-hybridized carbons (Fsp3) is 0.333. The number of fused-ring (bicyclic) bond motifs is 1. The summed E-state index contributed by atoms with van der Waals surface area (Å²) in [4.78, 5) is 15.0. The van der Waals surface area contributed by atoms with Crippen LogP contribution in [0, 0.1) is 0 Å². The Labute approximate surface area is 120 Å². The van der Waals surface area contributed by atoms with E-state index < -0.39 is 0 Å². The average molecular weight is 289 g/mol. The zero-order valence-electron chi connectivity index (χ0n) is 11.3. The highest BCUT2D eigenvalue weighted by molar-refractivity contribution is 7.09. The minimum absolute atomic E-state index is 0.648. The van der Waals surface area contributed by atoms with Crippen molar-refractivity contribution >= 4 is 28.2 Å². The van der Waals surface area contributed by atoms with Crippen LogP contribution in [-0.4, -0.2) is 44.1 Å². The summed E-state index contributed by atoms with van der Waals surface area (Å²) in [5, 5.41) is 14.1. The number of nitrogens with one attached hydrogen (secondary N) is 2. The zero-order chi connectivity index (χ0) is 13.9. The molecule has 0 saturated carbocycles. The van der Waals surface area contributed by atoms with Gasteiger partial charge >= 0.3 is 0 Å². The summed E-state index contributed by atoms with van der Waals surface area (Å²) in [6, 6.07) is 0. The molecule has 0 aliphatic heterocycles. The van der Waals surface area contributed by atoms with Crippen LogP contribution < -0.4 is 5.32 Å². The van der Waals surface area contributed by atoms with Crippen molar-refractivity contribution in [3.05, 3.63) is 28.6 Å². The van der Waals surface area contributed by atoms with Crippen LogP contribution in [0.15, 0.2) is 17.9 Å². The summed E-state index contributed by atoms with van der Waals surface area (Å²) >= 11 is 1.65. The number of rotatable bonds is 5. The Morgan fingerprint density at radius 3 is 3.10 bits per heavy atom. The lowest BCUT2D eigenvalue weighted by molar-refractivity contribution is 0.397. The Morgan fingerprint density at radius 2 is 2.25 bits per heavy atom. The molecule has 3 heterocycles. The van der Waals surface area contributed by atoms with E-state index in [1.807, 2.05) is 14.1 Å². The van der Waals surface area contributed by atoms with Gasteiger partial charge in [-0.3, -0.25) is 5.10 Å². The van der Waals surface area contributed by atoms with Crippen molar-refractivity contribution in [2.24, 2.45) is 0 Å². The molecule has 3 aromatic rings. The van der Waals surface area contributed by atoms with Crippen LogP contribution in [0.5, 0.6) is 0 Å². The maximum absolute atomic E-state index is 4.58. The standard InChI is InChI=1S/C12H15N7S/c1-19(2)5-8-6-20-10(17-8)4-13-11-9-3-16-18-12(9)15-7-14-11/h3,6-7H,4-5H2,1-2H3,(H2,13,14,15,16,18). The minimum atomic E-state index is 0.648. The molecule has 0 unspecified atom stereocenters. The number of thiazole rings is 1. The molecule has 104 valence electrons. The monoisotopic (exact) mass is 289 g/mol. The summed E-state index contributed by atoms with van der Waals surface area (Å²) in [5.41, 5.74) is 1.82. The zero-order valence-corrected chi connectivity index (χ0v) is 12.1. The molecule has 0 bridgehead atoms. The molecule has 0 aliphatic rings. The minimum Gasteiger partial charge on any atom is -0.363 e. The second-order valence-electron chi connectivity index (χ2n) is 4.68. The molecule has 3 rings (SSSR count). The lowest BCUT2D eigenvalue weighted by Gasteiger charge is -2.06. The number of nitrogens with zero attached hydrogens (tertiary/aromatic N) is 5. The summed E-state index contributed by atoms with van der Waals surface area (Å²) in [6.45, 7) is 1.51. The van der Waals surface area contributed by atoms with Crippen LogP contribution in [0.2, 0.25) is 0 Å². The Balaban J connectivity index is 1.70. The largest absolute Gasteiger partial charge is 0.363 e. The van der Waals surface area contributed by atoms with Crippen molar-refractivity contribution in [1.82, 2.24) is 30.0 Å². The van der Waals surface area contributed by atoms with Crippen LogP contribution in [-0.2, 0) is 13.1 Å². The van der Waals surface area contributed by atoms with E-state index in [1.54, 1.807) is 17.5 Å². The SMILES string of the molecule is CN(C)Cc1csc(CNc2ncnc3[nH]ncc23)n1. The predicted octanol–water partition coefficient (Wildman–Crippen LogP) is 1.48. The Kier molecular flexibility index (Phi) is 3.57. The van der Waals surface area contributed by atoms with Gasteiger partial charge in [0.1, 0.15) is 17.2 Å². The first kappa shape index (κ1) is 12.9. The van der Waals surface area contributed by atoms with Crippen LogP contribution in [0.1, 0.15) is 10.7 Å². The van der Waals surface area contributed by atoms with Crippen molar-refractivity contribution in [3.8, 4) is 0 Å². The number of hydrogen-bond acceptors (Lipinski definition) is 7. The highest BCUT2D eigenvalue weighted by atomic mass is 32.1. The highest BCUT2D eigenvalue weighted by Crippen LogP contribution is 2.18. The van der Waals surface area contributed by atoms with Gasteiger partial charge in [0.2, 0.25) is 0 Å². The van der Waals surface area contributed by atoms with Crippen molar-refractivity contribution in [2.45, 2.75) is 13.1 Å². The third kappa shape index (κ3) is 2.75. The molecule has 8 heteroatoms. The smallest absolute Gasteiger partial charge is 0.160 e. The molecule has 0 aliphatic carbocycles. The fourth-order valence-electron chi connectivity index (χ4n) is 1.89. The number of aromatic amines is 1. The molecule has 0 amide bonds. The van der Waals surface area contributed by atoms with E-state index in [2.05, 4.69) is 40.7 Å². The topological polar surface area (TPSA) is 82.6 Å². The Bertz CT molecular complexity index is 702. The van der Waals surface area contributed by atoms with Crippen molar-refractivity contribution in [1.29, 1.82) is 0 Å². The molecule has 3 aromatic heterocycles. The summed E-state index contributed by atoms with van der Waals surface area (Å²) in [5.74, 6) is 0.771. The van der Waals surface area contributed by atoms with E-state index in [9.17, 15) is 0 Å². The fourth-order valence-corrected chi connectivity index (χ4v) is 2.62. The van der Waals surface area contributed by atoms with E-state index in [-0.39, 0.29) is 0 Å². The number of H-pyrrole nitrogens is 1. The van der Waals surface area contributed by atoms with Gasteiger partial charge in [-0.25, -0.2) is 15.0 Å². The molecular weight excluding hydrogens is 274 g/mol. The third-order valence-electron chi connectivity index (χ3n) is 2.73. The molecular formula is C12H15N7S. The van der Waals surface area contributed by atoms with Gasteiger partial charge in [0.25, 0.3) is 0 Å². The maximum atomic E-state index is 4.58. The van der Waals surface area contributed by atoms with E-state index in [4.69, 9.17) is 0 Å². The Hall–Kier alpha value is -2.06. The lowest BCUT2D eigenvalue weighted by Crippen LogP contribution is -2.11. The van der Waals surface area contributed by atoms with E-state index >= 15 is 0 Å². The predicted molar refractivity (Wildman–Crippen MR) is 78.5 cm³/mol. The summed E-state index contributed by atoms with van der Waals surface area (Å²) < 4.78 is 0. The first-order valence-corrected chi connectivity index (χ1v) is 7.06. The van der Waals surface area contributed by atoms with Gasteiger partial charge < -0.3 is 10.2 Å². The number of hydrogen-bond donors (Lipinski definition) is 2. The van der Waals surface area contributed by atoms with Crippen LogP contribution in [0.25, 0.3) is 11.0 Å². The van der Waals surface area contributed by atoms with Crippen LogP contribution in [0.3, 0.4) is 0 Å². The van der Waals surface area contributed by atoms with Gasteiger partial charge in [-0.15, -0.1) is 11.3 Å². The molecule has 7 nitrogen and oxygen atoms in total. The summed E-state index contributed by atoms with van der Waals surface area (Å²) in [7, 11) is 4.07. The number of anilines is 1. The first-order valence-electron chi connectivity index (χ1n) is 6.18. The Morgan fingerprint density at radius 1 is 1.35 bits per heavy atom. The molecule has 0 saturated heterocycles.